The molecule has 0 radical (unpaired) electrons. The van der Waals surface area contributed by atoms with Crippen molar-refractivity contribution < 1.29 is 4.39 Å². The summed E-state index contributed by atoms with van der Waals surface area (Å²) in [5, 5.41) is 3.58. The van der Waals surface area contributed by atoms with Crippen LogP contribution >= 0.6 is 27.5 Å². The van der Waals surface area contributed by atoms with E-state index in [0.717, 1.165) is 11.3 Å². The minimum atomic E-state index is -0.312. The average Bonchev–Trinajstić information content (AvgIpc) is 2.38. The molecule has 0 saturated heterocycles. The fourth-order valence-corrected chi connectivity index (χ4v) is 2.21. The highest BCUT2D eigenvalue weighted by Crippen LogP contribution is 2.29. The number of nitrogens with zero attached hydrogens (tertiary/aromatic N) is 2. The molecule has 0 aliphatic heterocycles. The molecule has 0 atom stereocenters. The molecule has 0 fully saturated rings. The highest BCUT2D eigenvalue weighted by atomic mass is 79.9. The van der Waals surface area contributed by atoms with Gasteiger partial charge in [0.2, 0.25) is 0 Å². The van der Waals surface area contributed by atoms with Crippen molar-refractivity contribution >= 4 is 39.0 Å². The Bertz CT molecular complexity index is 683. The van der Waals surface area contributed by atoms with Crippen LogP contribution in [0.4, 0.5) is 15.9 Å². The molecule has 1 N–H and O–H groups in total. The van der Waals surface area contributed by atoms with Crippen molar-refractivity contribution in [2.45, 2.75) is 33.1 Å². The summed E-state index contributed by atoms with van der Waals surface area (Å²) in [6, 6.07) is 4.68. The maximum Gasteiger partial charge on any atom is 0.138 e. The number of halogens is 3. The van der Waals surface area contributed by atoms with E-state index in [4.69, 9.17) is 11.6 Å². The summed E-state index contributed by atoms with van der Waals surface area (Å²) in [7, 11) is 0. The van der Waals surface area contributed by atoms with Gasteiger partial charge in [-0.05, 0) is 41.1 Å². The van der Waals surface area contributed by atoms with E-state index < -0.39 is 0 Å². The molecule has 0 aliphatic carbocycles. The molecule has 0 spiro atoms. The maximum absolute atomic E-state index is 13.3. The Kier molecular flexibility index (Phi) is 4.54. The largest absolute Gasteiger partial charge is 0.340 e. The van der Waals surface area contributed by atoms with Crippen LogP contribution in [-0.2, 0) is 5.41 Å². The highest BCUT2D eigenvalue weighted by molar-refractivity contribution is 9.10. The third-order valence-electron chi connectivity index (χ3n) is 2.94. The van der Waals surface area contributed by atoms with Gasteiger partial charge in [-0.1, -0.05) is 32.4 Å². The Morgan fingerprint density at radius 2 is 1.90 bits per heavy atom. The fourth-order valence-electron chi connectivity index (χ4n) is 1.66. The molecule has 2 aromatic rings. The summed E-state index contributed by atoms with van der Waals surface area (Å²) in [5.41, 5.74) is 1.27. The lowest BCUT2D eigenvalue weighted by molar-refractivity contribution is 0.545. The predicted octanol–water partition coefficient (Wildman–Crippen LogP) is 5.38. The van der Waals surface area contributed by atoms with E-state index in [2.05, 4.69) is 31.2 Å². The maximum atomic E-state index is 13.3. The van der Waals surface area contributed by atoms with Crippen LogP contribution in [0.5, 0.6) is 0 Å². The average molecular weight is 373 g/mol. The number of hydrogen-bond acceptors (Lipinski definition) is 3. The smallest absolute Gasteiger partial charge is 0.138 e. The molecule has 1 aromatic heterocycles. The van der Waals surface area contributed by atoms with Gasteiger partial charge in [0.15, 0.2) is 0 Å². The Morgan fingerprint density at radius 3 is 2.48 bits per heavy atom. The topological polar surface area (TPSA) is 37.8 Å². The molecular formula is C15H16BrClFN3. The third-order valence-corrected chi connectivity index (χ3v) is 3.92. The van der Waals surface area contributed by atoms with E-state index >= 15 is 0 Å². The zero-order chi connectivity index (χ0) is 15.8. The number of rotatable bonds is 2. The van der Waals surface area contributed by atoms with E-state index in [1.165, 1.54) is 6.07 Å². The molecule has 1 aromatic carbocycles. The van der Waals surface area contributed by atoms with Crippen LogP contribution in [-0.4, -0.2) is 9.97 Å². The summed E-state index contributed by atoms with van der Waals surface area (Å²) in [5.74, 6) is 0.966. The van der Waals surface area contributed by atoms with E-state index in [1.54, 1.807) is 12.1 Å². The van der Waals surface area contributed by atoms with E-state index in [1.807, 2.05) is 27.7 Å². The number of nitrogens with one attached hydrogen (secondary N) is 1. The Morgan fingerprint density at radius 1 is 1.24 bits per heavy atom. The monoisotopic (exact) mass is 371 g/mol. The van der Waals surface area contributed by atoms with Gasteiger partial charge in [0.05, 0.1) is 4.47 Å². The van der Waals surface area contributed by atoms with Crippen molar-refractivity contribution in [3.05, 3.63) is 45.0 Å². The summed E-state index contributed by atoms with van der Waals surface area (Å²) >= 11 is 9.35. The molecule has 0 saturated carbocycles. The number of anilines is 2. The Balaban J connectivity index is 2.43. The van der Waals surface area contributed by atoms with Gasteiger partial charge in [0, 0.05) is 16.7 Å². The van der Waals surface area contributed by atoms with Crippen molar-refractivity contribution in [3.8, 4) is 0 Å². The van der Waals surface area contributed by atoms with Crippen LogP contribution < -0.4 is 5.32 Å². The van der Waals surface area contributed by atoms with Crippen molar-refractivity contribution in [2.75, 3.05) is 5.32 Å². The molecule has 0 bridgehead atoms. The van der Waals surface area contributed by atoms with E-state index in [9.17, 15) is 4.39 Å². The van der Waals surface area contributed by atoms with Crippen LogP contribution in [0.15, 0.2) is 22.7 Å². The lowest BCUT2D eigenvalue weighted by Gasteiger charge is -2.19. The zero-order valence-corrected chi connectivity index (χ0v) is 14.6. The molecular weight excluding hydrogens is 357 g/mol. The van der Waals surface area contributed by atoms with Crippen molar-refractivity contribution in [3.63, 3.8) is 0 Å². The Hall–Kier alpha value is -1.20. The van der Waals surface area contributed by atoms with E-state index in [0.29, 0.717) is 21.3 Å². The second-order valence-corrected chi connectivity index (χ2v) is 7.03. The van der Waals surface area contributed by atoms with Crippen LogP contribution in [0.1, 0.15) is 32.2 Å². The minimum Gasteiger partial charge on any atom is -0.340 e. The SMILES string of the molecule is Cc1c(Cl)nc(C(C)(C)C)nc1Nc1ccc(F)c(Br)c1. The molecule has 6 heteroatoms. The molecule has 3 nitrogen and oxygen atoms in total. The van der Waals surface area contributed by atoms with Crippen LogP contribution in [0.25, 0.3) is 0 Å². The fraction of sp³-hybridized carbons (Fsp3) is 0.333. The quantitative estimate of drug-likeness (QED) is 0.719. The van der Waals surface area contributed by atoms with Crippen LogP contribution in [0.2, 0.25) is 5.15 Å². The molecule has 1 heterocycles. The van der Waals surface area contributed by atoms with Crippen molar-refractivity contribution in [1.82, 2.24) is 9.97 Å². The normalized spacial score (nSPS) is 11.6. The summed E-state index contributed by atoms with van der Waals surface area (Å²) < 4.78 is 13.7. The van der Waals surface area contributed by atoms with Gasteiger partial charge in [0.25, 0.3) is 0 Å². The first kappa shape index (κ1) is 16.2. The number of hydrogen-bond donors (Lipinski definition) is 1. The number of benzene rings is 1. The van der Waals surface area contributed by atoms with Crippen molar-refractivity contribution in [1.29, 1.82) is 0 Å². The van der Waals surface area contributed by atoms with E-state index in [-0.39, 0.29) is 11.2 Å². The van der Waals surface area contributed by atoms with Gasteiger partial charge in [-0.2, -0.15) is 0 Å². The van der Waals surface area contributed by atoms with Crippen LogP contribution in [0.3, 0.4) is 0 Å². The lowest BCUT2D eigenvalue weighted by Crippen LogP contribution is -2.17. The van der Waals surface area contributed by atoms with Gasteiger partial charge in [0.1, 0.15) is 22.6 Å². The first-order valence-corrected chi connectivity index (χ1v) is 7.62. The van der Waals surface area contributed by atoms with Crippen LogP contribution in [0, 0.1) is 12.7 Å². The minimum absolute atomic E-state index is 0.211. The van der Waals surface area contributed by atoms with Gasteiger partial charge in [-0.15, -0.1) is 0 Å². The highest BCUT2D eigenvalue weighted by Gasteiger charge is 2.20. The van der Waals surface area contributed by atoms with Crippen molar-refractivity contribution in [2.24, 2.45) is 0 Å². The molecule has 0 unspecified atom stereocenters. The first-order chi connectivity index (χ1) is 9.68. The van der Waals surface area contributed by atoms with Gasteiger partial charge in [-0.25, -0.2) is 14.4 Å². The Labute approximate surface area is 137 Å². The molecule has 21 heavy (non-hydrogen) atoms. The standard InChI is InChI=1S/C15H16BrClFN3/c1-8-12(17)20-14(15(2,3)4)21-13(8)19-9-5-6-11(18)10(16)7-9/h5-7H,1-4H3,(H,19,20,21). The molecule has 0 aliphatic rings. The summed E-state index contributed by atoms with van der Waals surface area (Å²) in [6.45, 7) is 7.90. The second kappa shape index (κ2) is 5.89. The van der Waals surface area contributed by atoms with Gasteiger partial charge < -0.3 is 5.32 Å². The third kappa shape index (κ3) is 3.71. The lowest BCUT2D eigenvalue weighted by atomic mass is 9.95. The van der Waals surface area contributed by atoms with Gasteiger partial charge in [-0.3, -0.25) is 0 Å². The predicted molar refractivity (Wildman–Crippen MR) is 87.9 cm³/mol. The summed E-state index contributed by atoms with van der Waals surface area (Å²) in [4.78, 5) is 8.86. The molecule has 2 rings (SSSR count). The molecule has 0 amide bonds. The first-order valence-electron chi connectivity index (χ1n) is 6.45. The zero-order valence-electron chi connectivity index (χ0n) is 12.3. The second-order valence-electron chi connectivity index (χ2n) is 5.82. The number of aromatic nitrogens is 2. The summed E-state index contributed by atoms with van der Waals surface area (Å²) in [6.07, 6.45) is 0. The molecule has 112 valence electrons. The van der Waals surface area contributed by atoms with Gasteiger partial charge >= 0.3 is 0 Å².